The molecule has 1 aliphatic heterocycles. The van der Waals surface area contributed by atoms with Crippen LogP contribution in [0.3, 0.4) is 0 Å². The maximum atomic E-state index is 12.9. The molecule has 1 unspecified atom stereocenters. The number of aromatic nitrogens is 1. The van der Waals surface area contributed by atoms with E-state index in [0.29, 0.717) is 34.4 Å². The summed E-state index contributed by atoms with van der Waals surface area (Å²) in [7, 11) is 7.84. The molecular formula is C31H36N2O9S2. The van der Waals surface area contributed by atoms with Gasteiger partial charge in [-0.15, -0.1) is 23.5 Å². The third-order valence-corrected chi connectivity index (χ3v) is 10.0. The fourth-order valence-corrected chi connectivity index (χ4v) is 7.80. The van der Waals surface area contributed by atoms with Crippen LogP contribution in [0.25, 0.3) is 0 Å². The van der Waals surface area contributed by atoms with Gasteiger partial charge >= 0.3 is 6.09 Å². The molecule has 236 valence electrons. The zero-order chi connectivity index (χ0) is 31.8. The molecule has 0 radical (unpaired) electrons. The summed E-state index contributed by atoms with van der Waals surface area (Å²) in [6, 6.07) is 13.0. The van der Waals surface area contributed by atoms with Crippen molar-refractivity contribution < 1.29 is 42.7 Å². The highest BCUT2D eigenvalue weighted by atomic mass is 32.2. The average molecular weight is 645 g/mol. The summed E-state index contributed by atoms with van der Waals surface area (Å²) in [5.74, 6) is 3.23. The molecule has 2 heterocycles. The number of imide groups is 1. The molecule has 13 heteroatoms. The molecule has 44 heavy (non-hydrogen) atoms. The molecular weight excluding hydrogens is 608 g/mol. The minimum Gasteiger partial charge on any atom is -0.493 e. The molecule has 0 spiro atoms. The smallest absolute Gasteiger partial charge is 0.419 e. The number of hydrogen-bond acceptors (Lipinski definition) is 12. The maximum absolute atomic E-state index is 12.9. The summed E-state index contributed by atoms with van der Waals surface area (Å²) in [6.07, 6.45) is -0.339. The van der Waals surface area contributed by atoms with Gasteiger partial charge in [0.05, 0.1) is 52.4 Å². The quantitative estimate of drug-likeness (QED) is 0.208. The second-order valence-electron chi connectivity index (χ2n) is 9.50. The van der Waals surface area contributed by atoms with E-state index in [4.69, 9.17) is 33.2 Å². The van der Waals surface area contributed by atoms with Gasteiger partial charge in [-0.3, -0.25) is 9.78 Å². The number of carbonyl (C=O) groups is 2. The molecule has 0 saturated carbocycles. The van der Waals surface area contributed by atoms with E-state index in [-0.39, 0.29) is 22.1 Å². The van der Waals surface area contributed by atoms with Crippen molar-refractivity contribution in [3.05, 3.63) is 65.5 Å². The minimum atomic E-state index is -1.07. The van der Waals surface area contributed by atoms with E-state index in [0.717, 1.165) is 21.8 Å². The summed E-state index contributed by atoms with van der Waals surface area (Å²) in [4.78, 5) is 30.2. The molecule has 1 fully saturated rings. The molecule has 2 amide bonds. The number of nitrogens with zero attached hydrogens (tertiary/aromatic N) is 2. The zero-order valence-electron chi connectivity index (χ0n) is 25.7. The summed E-state index contributed by atoms with van der Waals surface area (Å²) < 4.78 is 39.5. The van der Waals surface area contributed by atoms with E-state index in [9.17, 15) is 9.59 Å². The average Bonchev–Trinajstić information content (AvgIpc) is 3.53. The van der Waals surface area contributed by atoms with E-state index in [1.807, 2.05) is 36.0 Å². The lowest BCUT2D eigenvalue weighted by Crippen LogP contribution is -2.38. The molecule has 4 rings (SSSR count). The van der Waals surface area contributed by atoms with Crippen LogP contribution in [0.4, 0.5) is 4.79 Å². The van der Waals surface area contributed by atoms with E-state index in [1.165, 1.54) is 21.1 Å². The fraction of sp³-hybridized carbons (Fsp3) is 0.387. The number of thioether (sulfide) groups is 2. The Morgan fingerprint density at radius 1 is 0.886 bits per heavy atom. The van der Waals surface area contributed by atoms with Crippen LogP contribution in [-0.4, -0.2) is 69.5 Å². The molecule has 2 aromatic carbocycles. The van der Waals surface area contributed by atoms with Crippen molar-refractivity contribution in [2.24, 2.45) is 0 Å². The van der Waals surface area contributed by atoms with Crippen molar-refractivity contribution in [2.45, 2.75) is 36.5 Å². The van der Waals surface area contributed by atoms with E-state index < -0.39 is 18.3 Å². The van der Waals surface area contributed by atoms with Gasteiger partial charge in [0.1, 0.15) is 0 Å². The van der Waals surface area contributed by atoms with Gasteiger partial charge in [0.15, 0.2) is 23.0 Å². The number of rotatable bonds is 12. The van der Waals surface area contributed by atoms with Gasteiger partial charge in [-0.1, -0.05) is 6.07 Å². The number of benzene rings is 2. The van der Waals surface area contributed by atoms with Crippen molar-refractivity contribution in [3.63, 3.8) is 0 Å². The SMILES string of the molecule is COc1cc([C@@H]2SC[C@@H](c3cc(OC)c(OC(C)OC(=O)N(Cc4ccccn4)C(C)=O)c(OC)c3)S2)cc(OC)c1OC. The van der Waals surface area contributed by atoms with Gasteiger partial charge < -0.3 is 33.2 Å². The number of methoxy groups -OCH3 is 5. The second kappa shape index (κ2) is 15.2. The number of amides is 2. The van der Waals surface area contributed by atoms with Crippen molar-refractivity contribution in [2.75, 3.05) is 41.3 Å². The summed E-state index contributed by atoms with van der Waals surface area (Å²) in [5, 5.41) is 0.118. The maximum Gasteiger partial charge on any atom is 0.419 e. The van der Waals surface area contributed by atoms with Gasteiger partial charge in [-0.05, 0) is 47.5 Å². The van der Waals surface area contributed by atoms with Crippen LogP contribution in [0, 0.1) is 0 Å². The Morgan fingerprint density at radius 3 is 2.00 bits per heavy atom. The molecule has 3 aromatic rings. The lowest BCUT2D eigenvalue weighted by molar-refractivity contribution is -0.129. The molecule has 0 N–H and O–H groups in total. The normalized spacial score (nSPS) is 16.4. The Labute approximate surface area is 265 Å². The Morgan fingerprint density at radius 2 is 1.48 bits per heavy atom. The third kappa shape index (κ3) is 7.56. The van der Waals surface area contributed by atoms with Crippen LogP contribution >= 0.6 is 23.5 Å². The molecule has 0 aliphatic carbocycles. The topological polar surface area (TPSA) is 115 Å². The van der Waals surface area contributed by atoms with Crippen LogP contribution < -0.4 is 28.4 Å². The summed E-state index contributed by atoms with van der Waals surface area (Å²) >= 11 is 3.60. The molecule has 1 aliphatic rings. The van der Waals surface area contributed by atoms with Gasteiger partial charge in [-0.25, -0.2) is 9.69 Å². The molecule has 11 nitrogen and oxygen atoms in total. The van der Waals surface area contributed by atoms with Crippen LogP contribution in [0.1, 0.15) is 40.5 Å². The predicted molar refractivity (Wildman–Crippen MR) is 168 cm³/mol. The lowest BCUT2D eigenvalue weighted by Gasteiger charge is -2.24. The first-order valence-electron chi connectivity index (χ1n) is 13.6. The van der Waals surface area contributed by atoms with Crippen molar-refractivity contribution >= 4 is 35.5 Å². The van der Waals surface area contributed by atoms with Crippen molar-refractivity contribution in [1.29, 1.82) is 0 Å². The lowest BCUT2D eigenvalue weighted by atomic mass is 10.1. The first-order chi connectivity index (χ1) is 21.2. The first-order valence-corrected chi connectivity index (χ1v) is 15.6. The Bertz CT molecular complexity index is 1410. The number of carbonyl (C=O) groups excluding carboxylic acids is 2. The van der Waals surface area contributed by atoms with Gasteiger partial charge in [-0.2, -0.15) is 0 Å². The van der Waals surface area contributed by atoms with Gasteiger partial charge in [0.25, 0.3) is 0 Å². The summed E-state index contributed by atoms with van der Waals surface area (Å²) in [6.45, 7) is 2.80. The molecule has 3 atom stereocenters. The highest BCUT2D eigenvalue weighted by molar-refractivity contribution is 8.19. The Kier molecular flexibility index (Phi) is 11.3. The van der Waals surface area contributed by atoms with Crippen LogP contribution in [0.2, 0.25) is 0 Å². The van der Waals surface area contributed by atoms with Crippen LogP contribution in [0.15, 0.2) is 48.7 Å². The third-order valence-electron chi connectivity index (χ3n) is 6.70. The van der Waals surface area contributed by atoms with Crippen molar-refractivity contribution in [3.8, 4) is 34.5 Å². The first kappa shape index (κ1) is 32.9. The Hall–Kier alpha value is -3.97. The molecule has 1 saturated heterocycles. The number of hydrogen-bond donors (Lipinski definition) is 0. The van der Waals surface area contributed by atoms with Gasteiger partial charge in [0, 0.05) is 31.0 Å². The van der Waals surface area contributed by atoms with Crippen LogP contribution in [0.5, 0.6) is 34.5 Å². The van der Waals surface area contributed by atoms with E-state index in [2.05, 4.69) is 4.98 Å². The minimum absolute atomic E-state index is 0.0305. The van der Waals surface area contributed by atoms with Crippen molar-refractivity contribution in [1.82, 2.24) is 9.88 Å². The highest BCUT2D eigenvalue weighted by Gasteiger charge is 2.32. The molecule has 0 bridgehead atoms. The second-order valence-corrected chi connectivity index (χ2v) is 12.2. The van der Waals surface area contributed by atoms with Gasteiger partial charge in [0.2, 0.25) is 23.7 Å². The van der Waals surface area contributed by atoms with E-state index in [1.54, 1.807) is 64.4 Å². The Balaban J connectivity index is 1.49. The number of pyridine rings is 1. The largest absolute Gasteiger partial charge is 0.493 e. The molecule has 1 aromatic heterocycles. The van der Waals surface area contributed by atoms with Crippen LogP contribution in [-0.2, 0) is 16.1 Å². The highest BCUT2D eigenvalue weighted by Crippen LogP contribution is 2.58. The number of ether oxygens (including phenoxy) is 7. The monoisotopic (exact) mass is 644 g/mol. The standard InChI is InChI=1S/C31H36N2O9S2/c1-18(34)33(16-22-10-8-9-11-32-22)31(35)42-19(2)41-29-25(38-5)12-20(13-26(29)39-6)27-17-43-30(44-27)21-14-23(36-3)28(40-7)24(15-21)37-4/h8-15,19,27,30H,16-17H2,1-7H3/t19?,27-,30+/m0/s1. The predicted octanol–water partition coefficient (Wildman–Crippen LogP) is 6.25. The fourth-order valence-electron chi connectivity index (χ4n) is 4.55. The van der Waals surface area contributed by atoms with E-state index >= 15 is 0 Å². The zero-order valence-corrected chi connectivity index (χ0v) is 27.3. The summed E-state index contributed by atoms with van der Waals surface area (Å²) in [5.41, 5.74) is 2.58.